The molecule has 1 aromatic carbocycles. The van der Waals surface area contributed by atoms with Crippen molar-refractivity contribution < 1.29 is 9.50 Å². The zero-order chi connectivity index (χ0) is 11.4. The maximum atomic E-state index is 12.7. The van der Waals surface area contributed by atoms with Crippen LogP contribution in [0, 0.1) is 5.82 Å². The van der Waals surface area contributed by atoms with Gasteiger partial charge in [0.25, 0.3) is 0 Å². The Morgan fingerprint density at radius 2 is 1.80 bits per heavy atom. The van der Waals surface area contributed by atoms with Gasteiger partial charge in [0.1, 0.15) is 5.82 Å². The van der Waals surface area contributed by atoms with Crippen LogP contribution in [0.3, 0.4) is 0 Å². The van der Waals surface area contributed by atoms with E-state index in [-0.39, 0.29) is 18.0 Å². The van der Waals surface area contributed by atoms with Crippen LogP contribution in [-0.4, -0.2) is 29.2 Å². The SMILES string of the molecule is CC(O)C(C)N(C)Cc1ccc(F)cc1. The van der Waals surface area contributed by atoms with E-state index in [2.05, 4.69) is 0 Å². The van der Waals surface area contributed by atoms with Gasteiger partial charge in [-0.05, 0) is 38.6 Å². The van der Waals surface area contributed by atoms with Gasteiger partial charge in [-0.25, -0.2) is 4.39 Å². The number of hydrogen-bond acceptors (Lipinski definition) is 2. The van der Waals surface area contributed by atoms with Crippen LogP contribution >= 0.6 is 0 Å². The summed E-state index contributed by atoms with van der Waals surface area (Å²) < 4.78 is 12.7. The third-order valence-electron chi connectivity index (χ3n) is 2.74. The zero-order valence-corrected chi connectivity index (χ0v) is 9.44. The second-order valence-corrected chi connectivity index (χ2v) is 4.02. The molecule has 0 saturated heterocycles. The molecule has 0 aliphatic rings. The van der Waals surface area contributed by atoms with Crippen molar-refractivity contribution in [3.05, 3.63) is 35.6 Å². The third-order valence-corrected chi connectivity index (χ3v) is 2.74. The van der Waals surface area contributed by atoms with Gasteiger partial charge in [-0.15, -0.1) is 0 Å². The molecule has 1 N–H and O–H groups in total. The lowest BCUT2D eigenvalue weighted by Gasteiger charge is -2.26. The summed E-state index contributed by atoms with van der Waals surface area (Å²) in [6, 6.07) is 6.53. The number of aliphatic hydroxyl groups excluding tert-OH is 1. The van der Waals surface area contributed by atoms with Crippen LogP contribution < -0.4 is 0 Å². The molecule has 1 aromatic rings. The first kappa shape index (κ1) is 12.1. The molecule has 0 spiro atoms. The fourth-order valence-corrected chi connectivity index (χ4v) is 1.39. The molecule has 1 rings (SSSR count). The van der Waals surface area contributed by atoms with Crippen LogP contribution in [0.4, 0.5) is 4.39 Å². The molecule has 84 valence electrons. The van der Waals surface area contributed by atoms with E-state index in [9.17, 15) is 9.50 Å². The molecule has 0 aromatic heterocycles. The summed E-state index contributed by atoms with van der Waals surface area (Å²) in [6.45, 7) is 4.45. The molecule has 3 heteroatoms. The van der Waals surface area contributed by atoms with Gasteiger partial charge in [0.05, 0.1) is 6.10 Å². The average Bonchev–Trinajstić information content (AvgIpc) is 2.20. The van der Waals surface area contributed by atoms with Crippen LogP contribution in [0.5, 0.6) is 0 Å². The largest absolute Gasteiger partial charge is 0.392 e. The summed E-state index contributed by atoms with van der Waals surface area (Å²) in [7, 11) is 1.95. The second kappa shape index (κ2) is 5.24. The summed E-state index contributed by atoms with van der Waals surface area (Å²) in [6.07, 6.45) is -0.365. The summed E-state index contributed by atoms with van der Waals surface area (Å²) in [4.78, 5) is 2.04. The lowest BCUT2D eigenvalue weighted by Crippen LogP contribution is -2.36. The van der Waals surface area contributed by atoms with E-state index < -0.39 is 0 Å². The first-order chi connectivity index (χ1) is 7.00. The van der Waals surface area contributed by atoms with Crippen molar-refractivity contribution >= 4 is 0 Å². The van der Waals surface area contributed by atoms with Crippen LogP contribution in [0.1, 0.15) is 19.4 Å². The molecule has 2 unspecified atom stereocenters. The highest BCUT2D eigenvalue weighted by Gasteiger charge is 2.14. The highest BCUT2D eigenvalue weighted by Crippen LogP contribution is 2.09. The van der Waals surface area contributed by atoms with Crippen molar-refractivity contribution in [2.45, 2.75) is 32.5 Å². The number of nitrogens with zero attached hydrogens (tertiary/aromatic N) is 1. The van der Waals surface area contributed by atoms with E-state index in [0.717, 1.165) is 5.56 Å². The van der Waals surface area contributed by atoms with Gasteiger partial charge in [0.2, 0.25) is 0 Å². The summed E-state index contributed by atoms with van der Waals surface area (Å²) in [5, 5.41) is 9.41. The first-order valence-corrected chi connectivity index (χ1v) is 5.13. The molecule has 0 saturated carbocycles. The number of likely N-dealkylation sites (N-methyl/N-ethyl adjacent to an activating group) is 1. The summed E-state index contributed by atoms with van der Waals surface area (Å²) >= 11 is 0. The Morgan fingerprint density at radius 1 is 1.27 bits per heavy atom. The molecule has 2 nitrogen and oxygen atoms in total. The minimum atomic E-state index is -0.365. The second-order valence-electron chi connectivity index (χ2n) is 4.02. The topological polar surface area (TPSA) is 23.5 Å². The quantitative estimate of drug-likeness (QED) is 0.823. The number of halogens is 1. The van der Waals surface area contributed by atoms with E-state index in [1.165, 1.54) is 12.1 Å². The predicted molar refractivity (Wildman–Crippen MR) is 59.0 cm³/mol. The molecule has 15 heavy (non-hydrogen) atoms. The van der Waals surface area contributed by atoms with Crippen LogP contribution in [0.25, 0.3) is 0 Å². The molecular formula is C12H18FNO. The first-order valence-electron chi connectivity index (χ1n) is 5.13. The highest BCUT2D eigenvalue weighted by atomic mass is 19.1. The van der Waals surface area contributed by atoms with Gasteiger partial charge in [-0.2, -0.15) is 0 Å². The standard InChI is InChI=1S/C12H18FNO/c1-9(10(2)15)14(3)8-11-4-6-12(13)7-5-11/h4-7,9-10,15H,8H2,1-3H3. The molecule has 0 radical (unpaired) electrons. The lowest BCUT2D eigenvalue weighted by molar-refractivity contribution is 0.0828. The van der Waals surface area contributed by atoms with Crippen molar-refractivity contribution in [1.29, 1.82) is 0 Å². The normalized spacial score (nSPS) is 15.3. The van der Waals surface area contributed by atoms with Gasteiger partial charge in [0.15, 0.2) is 0 Å². The Morgan fingerprint density at radius 3 is 2.27 bits per heavy atom. The van der Waals surface area contributed by atoms with E-state index in [4.69, 9.17) is 0 Å². The van der Waals surface area contributed by atoms with Crippen LogP contribution in [-0.2, 0) is 6.54 Å². The number of rotatable bonds is 4. The van der Waals surface area contributed by atoms with Crippen LogP contribution in [0.2, 0.25) is 0 Å². The van der Waals surface area contributed by atoms with Crippen LogP contribution in [0.15, 0.2) is 24.3 Å². The minimum Gasteiger partial charge on any atom is -0.392 e. The van der Waals surface area contributed by atoms with Gasteiger partial charge in [-0.3, -0.25) is 4.90 Å². The van der Waals surface area contributed by atoms with Crippen molar-refractivity contribution in [3.8, 4) is 0 Å². The van der Waals surface area contributed by atoms with Crippen molar-refractivity contribution in [2.24, 2.45) is 0 Å². The van der Waals surface area contributed by atoms with Gasteiger partial charge in [0, 0.05) is 12.6 Å². The minimum absolute atomic E-state index is 0.0926. The van der Waals surface area contributed by atoms with E-state index in [1.54, 1.807) is 19.1 Å². The number of benzene rings is 1. The molecule has 0 aliphatic carbocycles. The number of hydrogen-bond donors (Lipinski definition) is 1. The fourth-order valence-electron chi connectivity index (χ4n) is 1.39. The van der Waals surface area contributed by atoms with Gasteiger partial charge >= 0.3 is 0 Å². The fraction of sp³-hybridized carbons (Fsp3) is 0.500. The highest BCUT2D eigenvalue weighted by molar-refractivity contribution is 5.15. The van der Waals surface area contributed by atoms with E-state index in [0.29, 0.717) is 6.54 Å². The van der Waals surface area contributed by atoms with Crippen molar-refractivity contribution in [1.82, 2.24) is 4.90 Å². The smallest absolute Gasteiger partial charge is 0.123 e. The Hall–Kier alpha value is -0.930. The molecule has 0 fully saturated rings. The summed E-state index contributed by atoms with van der Waals surface area (Å²) in [5.74, 6) is -0.218. The van der Waals surface area contributed by atoms with E-state index >= 15 is 0 Å². The molecular weight excluding hydrogens is 193 g/mol. The third kappa shape index (κ3) is 3.61. The predicted octanol–water partition coefficient (Wildman–Crippen LogP) is 2.03. The van der Waals surface area contributed by atoms with Crippen molar-refractivity contribution in [3.63, 3.8) is 0 Å². The Kier molecular flexibility index (Phi) is 4.24. The van der Waals surface area contributed by atoms with Gasteiger partial charge < -0.3 is 5.11 Å². The molecule has 0 bridgehead atoms. The molecule has 2 atom stereocenters. The summed E-state index contributed by atoms with van der Waals surface area (Å²) in [5.41, 5.74) is 1.05. The average molecular weight is 211 g/mol. The zero-order valence-electron chi connectivity index (χ0n) is 9.44. The van der Waals surface area contributed by atoms with Crippen molar-refractivity contribution in [2.75, 3.05) is 7.05 Å². The maximum absolute atomic E-state index is 12.7. The molecule has 0 amide bonds. The molecule has 0 aliphatic heterocycles. The Bertz CT molecular complexity index is 297. The number of aliphatic hydroxyl groups is 1. The lowest BCUT2D eigenvalue weighted by atomic mass is 10.1. The van der Waals surface area contributed by atoms with Gasteiger partial charge in [-0.1, -0.05) is 12.1 Å². The van der Waals surface area contributed by atoms with E-state index in [1.807, 2.05) is 18.9 Å². The Balaban J connectivity index is 2.58. The Labute approximate surface area is 90.3 Å². The molecule has 0 heterocycles. The maximum Gasteiger partial charge on any atom is 0.123 e. The monoisotopic (exact) mass is 211 g/mol.